The van der Waals surface area contributed by atoms with Gasteiger partial charge in [0.15, 0.2) is 4.87 Å². The van der Waals surface area contributed by atoms with Crippen molar-refractivity contribution in [1.29, 1.82) is 0 Å². The molecule has 4 nitrogen and oxygen atoms in total. The fourth-order valence-electron chi connectivity index (χ4n) is 4.62. The molecule has 2 aromatic carbocycles. The second kappa shape index (κ2) is 6.58. The number of halogens is 1. The molecule has 2 amide bonds. The minimum atomic E-state index is -1.02. The van der Waals surface area contributed by atoms with Crippen LogP contribution in [0.15, 0.2) is 42.5 Å². The molecule has 2 heterocycles. The maximum atomic E-state index is 14.1. The number of amides is 2. The van der Waals surface area contributed by atoms with Gasteiger partial charge in [-0.05, 0) is 57.4 Å². The molecule has 2 aromatic rings. The predicted octanol–water partition coefficient (Wildman–Crippen LogP) is 4.60. The lowest BCUT2D eigenvalue weighted by atomic mass is 10.0. The highest BCUT2D eigenvalue weighted by Gasteiger charge is 2.64. The molecule has 2 aliphatic heterocycles. The molecule has 0 bridgehead atoms. The molecule has 156 valence electrons. The van der Waals surface area contributed by atoms with E-state index in [1.165, 1.54) is 12.1 Å². The van der Waals surface area contributed by atoms with Crippen LogP contribution in [0.4, 0.5) is 10.1 Å². The predicted molar refractivity (Wildman–Crippen MR) is 117 cm³/mol. The van der Waals surface area contributed by atoms with Crippen LogP contribution in [0, 0.1) is 18.7 Å². The fraction of sp³-hybridized carbons (Fsp3) is 0.417. The van der Waals surface area contributed by atoms with Gasteiger partial charge in [-0.15, -0.1) is 11.8 Å². The number of fused-ring (bicyclic) bond motifs is 2. The first-order valence-electron chi connectivity index (χ1n) is 10.4. The molecule has 1 saturated carbocycles. The Hall–Kier alpha value is -2.34. The first-order valence-corrected chi connectivity index (χ1v) is 11.2. The lowest BCUT2D eigenvalue weighted by molar-refractivity contribution is -0.141. The monoisotopic (exact) mass is 424 g/mol. The molecule has 1 spiro atoms. The molecule has 1 saturated heterocycles. The first kappa shape index (κ1) is 19.6. The Kier molecular flexibility index (Phi) is 4.30. The molecule has 0 radical (unpaired) electrons. The van der Waals surface area contributed by atoms with Crippen LogP contribution in [0.5, 0.6) is 0 Å². The maximum Gasteiger partial charge on any atom is 0.268 e. The molecule has 6 heteroatoms. The zero-order chi connectivity index (χ0) is 21.3. The number of thioether (sulfide) groups is 1. The number of anilines is 1. The van der Waals surface area contributed by atoms with Crippen molar-refractivity contribution >= 4 is 29.3 Å². The molecule has 1 aliphatic carbocycles. The Labute approximate surface area is 180 Å². The van der Waals surface area contributed by atoms with Crippen LogP contribution >= 0.6 is 11.8 Å². The molecule has 2 fully saturated rings. The zero-order valence-corrected chi connectivity index (χ0v) is 18.3. The van der Waals surface area contributed by atoms with Crippen LogP contribution in [-0.4, -0.2) is 28.0 Å². The van der Waals surface area contributed by atoms with E-state index in [1.807, 2.05) is 24.0 Å². The standard InChI is InChI=1S/C24H25FN2O2S/c1-15-4-11-20-19(12-15)24(22(29)26(20)13-16-5-9-18(25)10-6-16)27(14-23(2,3)30-24)21(28)17-7-8-17/h4-6,9-12,17H,7-8,13-14H2,1-3H3. The fourth-order valence-corrected chi connectivity index (χ4v) is 6.35. The van der Waals surface area contributed by atoms with Crippen molar-refractivity contribution in [2.45, 2.75) is 49.8 Å². The molecular weight excluding hydrogens is 399 g/mol. The highest BCUT2D eigenvalue weighted by Crippen LogP contribution is 2.60. The first-order chi connectivity index (χ1) is 14.2. The van der Waals surface area contributed by atoms with Gasteiger partial charge in [0, 0.05) is 22.8 Å². The van der Waals surface area contributed by atoms with Crippen LogP contribution in [0.2, 0.25) is 0 Å². The molecule has 3 aliphatic rings. The quantitative estimate of drug-likeness (QED) is 0.723. The Morgan fingerprint density at radius 1 is 1.17 bits per heavy atom. The summed E-state index contributed by atoms with van der Waals surface area (Å²) in [6, 6.07) is 12.3. The van der Waals surface area contributed by atoms with Gasteiger partial charge in [0.1, 0.15) is 5.82 Å². The van der Waals surface area contributed by atoms with Crippen LogP contribution in [0.25, 0.3) is 0 Å². The number of carbonyl (C=O) groups excluding carboxylic acids is 2. The van der Waals surface area contributed by atoms with Crippen LogP contribution in [0.1, 0.15) is 43.4 Å². The van der Waals surface area contributed by atoms with E-state index < -0.39 is 4.87 Å². The molecule has 0 N–H and O–H groups in total. The van der Waals surface area contributed by atoms with E-state index >= 15 is 0 Å². The smallest absolute Gasteiger partial charge is 0.268 e. The van der Waals surface area contributed by atoms with Crippen molar-refractivity contribution in [3.05, 3.63) is 65.0 Å². The van der Waals surface area contributed by atoms with Crippen molar-refractivity contribution < 1.29 is 14.0 Å². The summed E-state index contributed by atoms with van der Waals surface area (Å²) in [6.07, 6.45) is 1.81. The molecule has 1 atom stereocenters. The second-order valence-corrected chi connectivity index (χ2v) is 11.1. The van der Waals surface area contributed by atoms with Gasteiger partial charge in [-0.25, -0.2) is 4.39 Å². The summed E-state index contributed by atoms with van der Waals surface area (Å²) < 4.78 is 13.2. The van der Waals surface area contributed by atoms with Crippen molar-refractivity contribution in [3.8, 4) is 0 Å². The lowest BCUT2D eigenvalue weighted by Gasteiger charge is -2.33. The minimum absolute atomic E-state index is 0.0450. The highest BCUT2D eigenvalue weighted by atomic mass is 32.2. The lowest BCUT2D eigenvalue weighted by Crippen LogP contribution is -2.50. The van der Waals surface area contributed by atoms with E-state index in [4.69, 9.17) is 0 Å². The molecule has 5 rings (SSSR count). The van der Waals surface area contributed by atoms with E-state index in [0.29, 0.717) is 13.1 Å². The van der Waals surface area contributed by atoms with Crippen molar-refractivity contribution in [1.82, 2.24) is 4.90 Å². The Bertz CT molecular complexity index is 1050. The molecule has 30 heavy (non-hydrogen) atoms. The van der Waals surface area contributed by atoms with Gasteiger partial charge in [0.05, 0.1) is 12.2 Å². The van der Waals surface area contributed by atoms with Gasteiger partial charge in [-0.3, -0.25) is 9.59 Å². The molecule has 1 unspecified atom stereocenters. The average molecular weight is 425 g/mol. The number of benzene rings is 2. The number of rotatable bonds is 3. The second-order valence-electron chi connectivity index (χ2n) is 9.24. The summed E-state index contributed by atoms with van der Waals surface area (Å²) in [5.41, 5.74) is 3.66. The molecular formula is C24H25FN2O2S. The number of hydrogen-bond donors (Lipinski definition) is 0. The summed E-state index contributed by atoms with van der Waals surface area (Å²) in [6.45, 7) is 7.12. The summed E-state index contributed by atoms with van der Waals surface area (Å²) >= 11 is 1.59. The Morgan fingerprint density at radius 2 is 1.87 bits per heavy atom. The Morgan fingerprint density at radius 3 is 2.53 bits per heavy atom. The third kappa shape index (κ3) is 2.96. The van der Waals surface area contributed by atoms with Gasteiger partial charge in [0.2, 0.25) is 5.91 Å². The summed E-state index contributed by atoms with van der Waals surface area (Å²) in [4.78, 5) is 29.9. The van der Waals surface area contributed by atoms with Gasteiger partial charge in [-0.1, -0.05) is 29.8 Å². The normalized spacial score (nSPS) is 24.6. The van der Waals surface area contributed by atoms with E-state index in [1.54, 1.807) is 28.8 Å². The van der Waals surface area contributed by atoms with Gasteiger partial charge >= 0.3 is 0 Å². The largest absolute Gasteiger partial charge is 0.314 e. The van der Waals surface area contributed by atoms with E-state index in [0.717, 1.165) is 35.2 Å². The van der Waals surface area contributed by atoms with Crippen molar-refractivity contribution in [2.24, 2.45) is 5.92 Å². The van der Waals surface area contributed by atoms with Crippen molar-refractivity contribution in [3.63, 3.8) is 0 Å². The number of nitrogens with zero attached hydrogens (tertiary/aromatic N) is 2. The SMILES string of the molecule is Cc1ccc2c(c1)C1(SC(C)(C)CN1C(=O)C1CC1)C(=O)N2Cc1ccc(F)cc1. The van der Waals surface area contributed by atoms with Gasteiger partial charge in [-0.2, -0.15) is 0 Å². The summed E-state index contributed by atoms with van der Waals surface area (Å²) in [5.74, 6) is -0.230. The summed E-state index contributed by atoms with van der Waals surface area (Å²) in [7, 11) is 0. The highest BCUT2D eigenvalue weighted by molar-refractivity contribution is 8.02. The number of aryl methyl sites for hydroxylation is 1. The molecule has 0 aromatic heterocycles. The number of hydrogen-bond acceptors (Lipinski definition) is 3. The maximum absolute atomic E-state index is 14.1. The van der Waals surface area contributed by atoms with Crippen LogP contribution < -0.4 is 4.90 Å². The average Bonchev–Trinajstić information content (AvgIpc) is 3.47. The minimum Gasteiger partial charge on any atom is -0.314 e. The van der Waals surface area contributed by atoms with E-state index in [2.05, 4.69) is 19.9 Å². The summed E-state index contributed by atoms with van der Waals surface area (Å²) in [5, 5.41) is 0. The van der Waals surface area contributed by atoms with Gasteiger partial charge < -0.3 is 9.80 Å². The third-order valence-corrected chi connectivity index (χ3v) is 7.72. The Balaban J connectivity index is 1.63. The van der Waals surface area contributed by atoms with Crippen LogP contribution in [0.3, 0.4) is 0 Å². The zero-order valence-electron chi connectivity index (χ0n) is 17.4. The van der Waals surface area contributed by atoms with Gasteiger partial charge in [0.25, 0.3) is 5.91 Å². The topological polar surface area (TPSA) is 40.6 Å². The third-order valence-electron chi connectivity index (χ3n) is 6.13. The van der Waals surface area contributed by atoms with Crippen molar-refractivity contribution in [2.75, 3.05) is 11.4 Å². The van der Waals surface area contributed by atoms with E-state index in [-0.39, 0.29) is 28.3 Å². The van der Waals surface area contributed by atoms with Crippen LogP contribution in [-0.2, 0) is 21.0 Å². The van der Waals surface area contributed by atoms with E-state index in [9.17, 15) is 14.0 Å². The number of carbonyl (C=O) groups is 2.